The number of carbonyl (C=O) groups is 1. The van der Waals surface area contributed by atoms with E-state index in [9.17, 15) is 4.79 Å². The summed E-state index contributed by atoms with van der Waals surface area (Å²) in [5.74, 6) is 0.918. The van der Waals surface area contributed by atoms with Crippen molar-refractivity contribution in [2.45, 2.75) is 32.1 Å². The van der Waals surface area contributed by atoms with Gasteiger partial charge in [0.15, 0.2) is 0 Å². The number of hydrogen-bond donors (Lipinski definition) is 2. The van der Waals surface area contributed by atoms with Crippen molar-refractivity contribution in [2.24, 2.45) is 0 Å². The number of fused-ring (bicyclic) bond motifs is 1. The van der Waals surface area contributed by atoms with Crippen LogP contribution in [0.4, 0.5) is 0 Å². The van der Waals surface area contributed by atoms with E-state index in [1.165, 1.54) is 23.2 Å². The normalized spacial score (nSPS) is 13.5. The summed E-state index contributed by atoms with van der Waals surface area (Å²) in [6.07, 6.45) is 6.68. The molecule has 0 saturated heterocycles. The van der Waals surface area contributed by atoms with Crippen LogP contribution in [0.1, 0.15) is 38.8 Å². The topological polar surface area (TPSA) is 70.7 Å². The van der Waals surface area contributed by atoms with Crippen LogP contribution in [0.25, 0.3) is 0 Å². The first-order valence-corrected chi connectivity index (χ1v) is 7.38. The van der Waals surface area contributed by atoms with Gasteiger partial charge in [-0.05, 0) is 37.3 Å². The predicted octanol–water partition coefficient (Wildman–Crippen LogP) is 1.72. The van der Waals surface area contributed by atoms with E-state index in [1.807, 2.05) is 0 Å². The van der Waals surface area contributed by atoms with Crippen molar-refractivity contribution in [2.75, 3.05) is 6.54 Å². The van der Waals surface area contributed by atoms with Gasteiger partial charge in [-0.3, -0.25) is 9.89 Å². The number of nitrogens with one attached hydrogen (secondary N) is 2. The van der Waals surface area contributed by atoms with Crippen LogP contribution in [0.2, 0.25) is 0 Å². The zero-order chi connectivity index (χ0) is 13.1. The first-order valence-electron chi connectivity index (χ1n) is 6.57. The van der Waals surface area contributed by atoms with Gasteiger partial charge in [0.05, 0.1) is 4.88 Å². The Morgan fingerprint density at radius 3 is 3.21 bits per heavy atom. The maximum atomic E-state index is 12.0. The second-order valence-electron chi connectivity index (χ2n) is 4.70. The fourth-order valence-corrected chi connectivity index (χ4v) is 3.51. The maximum absolute atomic E-state index is 12.0. The number of hydrogen-bond acceptors (Lipinski definition) is 4. The first kappa shape index (κ1) is 12.3. The molecule has 5 nitrogen and oxygen atoms in total. The van der Waals surface area contributed by atoms with E-state index >= 15 is 0 Å². The summed E-state index contributed by atoms with van der Waals surface area (Å²) in [6, 6.07) is 2.05. The zero-order valence-corrected chi connectivity index (χ0v) is 11.4. The molecule has 19 heavy (non-hydrogen) atoms. The number of rotatable bonds is 5. The van der Waals surface area contributed by atoms with Gasteiger partial charge in [-0.15, -0.1) is 11.3 Å². The first-order chi connectivity index (χ1) is 9.33. The average Bonchev–Trinajstić information content (AvgIpc) is 3.09. The molecule has 0 aromatic carbocycles. The highest BCUT2D eigenvalue weighted by molar-refractivity contribution is 7.14. The molecule has 2 N–H and O–H groups in total. The molecule has 2 heterocycles. The lowest BCUT2D eigenvalue weighted by Crippen LogP contribution is -2.24. The lowest BCUT2D eigenvalue weighted by Gasteiger charge is -2.02. The van der Waals surface area contributed by atoms with Gasteiger partial charge in [-0.1, -0.05) is 0 Å². The molecule has 0 saturated carbocycles. The quantitative estimate of drug-likeness (QED) is 0.817. The van der Waals surface area contributed by atoms with Crippen molar-refractivity contribution in [1.29, 1.82) is 0 Å². The summed E-state index contributed by atoms with van der Waals surface area (Å²) in [5.41, 5.74) is 1.37. The van der Waals surface area contributed by atoms with E-state index in [0.717, 1.165) is 36.4 Å². The fraction of sp³-hybridized carbons (Fsp3) is 0.462. The third kappa shape index (κ3) is 2.84. The molecule has 6 heteroatoms. The van der Waals surface area contributed by atoms with E-state index in [4.69, 9.17) is 0 Å². The van der Waals surface area contributed by atoms with E-state index < -0.39 is 0 Å². The Morgan fingerprint density at radius 2 is 2.42 bits per heavy atom. The van der Waals surface area contributed by atoms with E-state index in [1.54, 1.807) is 11.3 Å². The van der Waals surface area contributed by atoms with Gasteiger partial charge in [-0.2, -0.15) is 5.10 Å². The van der Waals surface area contributed by atoms with Crippen LogP contribution in [0.15, 0.2) is 12.4 Å². The van der Waals surface area contributed by atoms with Crippen molar-refractivity contribution in [1.82, 2.24) is 20.5 Å². The van der Waals surface area contributed by atoms with Crippen LogP contribution in [-0.2, 0) is 19.3 Å². The number of H-pyrrole nitrogens is 1. The monoisotopic (exact) mass is 276 g/mol. The Morgan fingerprint density at radius 1 is 1.47 bits per heavy atom. The molecule has 0 spiro atoms. The van der Waals surface area contributed by atoms with Gasteiger partial charge in [0, 0.05) is 17.8 Å². The number of aromatic nitrogens is 3. The smallest absolute Gasteiger partial charge is 0.261 e. The highest BCUT2D eigenvalue weighted by Gasteiger charge is 2.17. The Kier molecular flexibility index (Phi) is 3.59. The van der Waals surface area contributed by atoms with Crippen LogP contribution >= 0.6 is 11.3 Å². The number of nitrogens with zero attached hydrogens (tertiary/aromatic N) is 2. The van der Waals surface area contributed by atoms with Crippen LogP contribution in [0.5, 0.6) is 0 Å². The average molecular weight is 276 g/mol. The summed E-state index contributed by atoms with van der Waals surface area (Å²) in [6.45, 7) is 0.669. The highest BCUT2D eigenvalue weighted by Crippen LogP contribution is 2.30. The molecule has 2 aromatic heterocycles. The molecular weight excluding hydrogens is 260 g/mol. The number of aryl methyl sites for hydroxylation is 3. The van der Waals surface area contributed by atoms with Gasteiger partial charge in [0.2, 0.25) is 0 Å². The van der Waals surface area contributed by atoms with Crippen molar-refractivity contribution < 1.29 is 4.79 Å². The van der Waals surface area contributed by atoms with E-state index in [0.29, 0.717) is 6.54 Å². The minimum absolute atomic E-state index is 0.0527. The molecule has 0 unspecified atom stereocenters. The van der Waals surface area contributed by atoms with Crippen molar-refractivity contribution in [3.05, 3.63) is 33.5 Å². The Bertz CT molecular complexity index is 540. The third-order valence-electron chi connectivity index (χ3n) is 3.31. The molecular formula is C13H16N4OS. The molecule has 0 bridgehead atoms. The molecule has 1 amide bonds. The predicted molar refractivity (Wildman–Crippen MR) is 73.4 cm³/mol. The molecule has 0 fully saturated rings. The summed E-state index contributed by atoms with van der Waals surface area (Å²) in [4.78, 5) is 18.3. The Balaban J connectivity index is 1.45. The van der Waals surface area contributed by atoms with Crippen LogP contribution in [0, 0.1) is 0 Å². The standard InChI is InChI=1S/C13H16N4OS/c18-13(11-7-9-3-1-4-10(9)19-11)14-6-2-5-12-15-8-16-17-12/h7-8H,1-6H2,(H,14,18)(H,15,16,17). The number of carbonyl (C=O) groups excluding carboxylic acids is 1. The number of aromatic amines is 1. The third-order valence-corrected chi connectivity index (χ3v) is 4.55. The zero-order valence-electron chi connectivity index (χ0n) is 10.6. The van der Waals surface area contributed by atoms with Gasteiger partial charge in [-0.25, -0.2) is 4.98 Å². The minimum atomic E-state index is 0.0527. The second kappa shape index (κ2) is 5.52. The van der Waals surface area contributed by atoms with Gasteiger partial charge in [0.1, 0.15) is 12.2 Å². The lowest BCUT2D eigenvalue weighted by molar-refractivity contribution is 0.0957. The lowest BCUT2D eigenvalue weighted by atomic mass is 10.2. The van der Waals surface area contributed by atoms with Crippen LogP contribution < -0.4 is 5.32 Å². The van der Waals surface area contributed by atoms with Crippen molar-refractivity contribution >= 4 is 17.2 Å². The number of amides is 1. The number of thiophene rings is 1. The van der Waals surface area contributed by atoms with Crippen molar-refractivity contribution in [3.8, 4) is 0 Å². The largest absolute Gasteiger partial charge is 0.351 e. The molecule has 1 aliphatic carbocycles. The fourth-order valence-electron chi connectivity index (χ4n) is 2.34. The SMILES string of the molecule is O=C(NCCCc1ncn[nH]1)c1cc2c(s1)CCC2. The van der Waals surface area contributed by atoms with Gasteiger partial charge < -0.3 is 5.32 Å². The highest BCUT2D eigenvalue weighted by atomic mass is 32.1. The maximum Gasteiger partial charge on any atom is 0.261 e. The Hall–Kier alpha value is -1.69. The summed E-state index contributed by atoms with van der Waals surface area (Å²) >= 11 is 1.65. The molecule has 100 valence electrons. The molecule has 1 aliphatic rings. The van der Waals surface area contributed by atoms with Gasteiger partial charge >= 0.3 is 0 Å². The van der Waals surface area contributed by atoms with E-state index in [-0.39, 0.29) is 5.91 Å². The summed E-state index contributed by atoms with van der Waals surface area (Å²) in [7, 11) is 0. The second-order valence-corrected chi connectivity index (χ2v) is 5.84. The Labute approximate surface area is 115 Å². The van der Waals surface area contributed by atoms with Crippen molar-refractivity contribution in [3.63, 3.8) is 0 Å². The molecule has 2 aromatic rings. The molecule has 0 atom stereocenters. The minimum Gasteiger partial charge on any atom is -0.351 e. The summed E-state index contributed by atoms with van der Waals surface area (Å²) in [5, 5.41) is 9.56. The van der Waals surface area contributed by atoms with E-state index in [2.05, 4.69) is 26.6 Å². The van der Waals surface area contributed by atoms with Crippen LogP contribution in [0.3, 0.4) is 0 Å². The van der Waals surface area contributed by atoms with Gasteiger partial charge in [0.25, 0.3) is 5.91 Å². The van der Waals surface area contributed by atoms with Crippen LogP contribution in [-0.4, -0.2) is 27.6 Å². The summed E-state index contributed by atoms with van der Waals surface area (Å²) < 4.78 is 0. The molecule has 3 rings (SSSR count). The molecule has 0 aliphatic heterocycles. The molecule has 0 radical (unpaired) electrons.